The maximum atomic E-state index is 9.60. The van der Waals surface area contributed by atoms with Crippen LogP contribution in [0.2, 0.25) is 0 Å². The minimum Gasteiger partial charge on any atom is -0.478 e. The minimum absolute atomic E-state index is 0.0556. The van der Waals surface area contributed by atoms with Crippen molar-refractivity contribution in [2.75, 3.05) is 13.2 Å². The van der Waals surface area contributed by atoms with Gasteiger partial charge in [-0.15, -0.1) is 0 Å². The van der Waals surface area contributed by atoms with Gasteiger partial charge in [-0.05, 0) is 26.7 Å². The van der Waals surface area contributed by atoms with Crippen molar-refractivity contribution in [3.63, 3.8) is 0 Å². The van der Waals surface area contributed by atoms with Gasteiger partial charge in [-0.3, -0.25) is 0 Å². The summed E-state index contributed by atoms with van der Waals surface area (Å²) in [7, 11) is 0. The second-order valence-electron chi connectivity index (χ2n) is 4.49. The van der Waals surface area contributed by atoms with Crippen molar-refractivity contribution >= 4 is 11.9 Å². The molecule has 0 radical (unpaired) electrons. The molecule has 4 N–H and O–H groups in total. The smallest absolute Gasteiger partial charge is 0.330 e. The highest BCUT2D eigenvalue weighted by molar-refractivity contribution is 5.85. The van der Waals surface area contributed by atoms with E-state index in [1.54, 1.807) is 0 Å². The number of carboxylic acids is 2. The van der Waals surface area contributed by atoms with E-state index in [-0.39, 0.29) is 29.8 Å². The summed E-state index contributed by atoms with van der Waals surface area (Å²) in [6.07, 6.45) is 2.00. The van der Waals surface area contributed by atoms with Gasteiger partial charge in [0.1, 0.15) is 0 Å². The standard InChI is InChI=1S/C5H10O2.2C4H6O2/c6-3-5(4-7)1-2-5;2*1-3(2)4(5)6/h6-7H,1-4H2;2*1H2,2H3,(H,5,6). The summed E-state index contributed by atoms with van der Waals surface area (Å²) in [4.78, 5) is 19.2. The molecule has 0 aliphatic heterocycles. The number of rotatable bonds is 4. The predicted octanol–water partition coefficient (Wildman–Crippen LogP) is 1.05. The molecular weight excluding hydrogens is 252 g/mol. The van der Waals surface area contributed by atoms with E-state index in [0.717, 1.165) is 12.8 Å². The van der Waals surface area contributed by atoms with Crippen molar-refractivity contribution in [1.29, 1.82) is 0 Å². The van der Waals surface area contributed by atoms with E-state index in [4.69, 9.17) is 20.4 Å². The van der Waals surface area contributed by atoms with Crippen LogP contribution in [-0.4, -0.2) is 45.6 Å². The Morgan fingerprint density at radius 2 is 1.16 bits per heavy atom. The quantitative estimate of drug-likeness (QED) is 0.569. The predicted molar refractivity (Wildman–Crippen MR) is 70.7 cm³/mol. The number of carbonyl (C=O) groups is 2. The van der Waals surface area contributed by atoms with Crippen LogP contribution in [0.15, 0.2) is 24.3 Å². The molecule has 19 heavy (non-hydrogen) atoms. The topological polar surface area (TPSA) is 115 Å². The molecule has 1 aliphatic rings. The fourth-order valence-electron chi connectivity index (χ4n) is 0.543. The fourth-order valence-corrected chi connectivity index (χ4v) is 0.543. The molecule has 1 saturated carbocycles. The van der Waals surface area contributed by atoms with Crippen molar-refractivity contribution in [3.8, 4) is 0 Å². The highest BCUT2D eigenvalue weighted by atomic mass is 16.4. The summed E-state index contributed by atoms with van der Waals surface area (Å²) in [5, 5.41) is 32.8. The molecule has 0 unspecified atom stereocenters. The Kier molecular flexibility index (Phi) is 9.62. The number of aliphatic hydroxyl groups is 2. The molecule has 1 fully saturated rings. The van der Waals surface area contributed by atoms with E-state index < -0.39 is 11.9 Å². The van der Waals surface area contributed by atoms with Gasteiger partial charge < -0.3 is 20.4 Å². The van der Waals surface area contributed by atoms with Crippen molar-refractivity contribution in [1.82, 2.24) is 0 Å². The van der Waals surface area contributed by atoms with Crippen LogP contribution < -0.4 is 0 Å². The van der Waals surface area contributed by atoms with E-state index in [0.29, 0.717) is 0 Å². The normalized spacial score (nSPS) is 13.9. The van der Waals surface area contributed by atoms with Gasteiger partial charge in [-0.1, -0.05) is 13.2 Å². The molecular formula is C13H22O6. The lowest BCUT2D eigenvalue weighted by Crippen LogP contribution is -2.10. The zero-order valence-electron chi connectivity index (χ0n) is 11.3. The molecule has 1 aliphatic carbocycles. The number of carboxylic acid groups (broad SMARTS) is 2. The molecule has 6 heteroatoms. The van der Waals surface area contributed by atoms with E-state index in [1.165, 1.54) is 13.8 Å². The number of hydrogen-bond donors (Lipinski definition) is 4. The maximum Gasteiger partial charge on any atom is 0.330 e. The Labute approximate surface area is 112 Å². The Morgan fingerprint density at radius 3 is 1.16 bits per heavy atom. The van der Waals surface area contributed by atoms with Crippen LogP contribution in [-0.2, 0) is 9.59 Å². The molecule has 0 aromatic carbocycles. The van der Waals surface area contributed by atoms with Crippen LogP contribution in [0.5, 0.6) is 0 Å². The van der Waals surface area contributed by atoms with Crippen LogP contribution in [0.25, 0.3) is 0 Å². The Hall–Kier alpha value is -1.66. The molecule has 0 heterocycles. The highest BCUT2D eigenvalue weighted by Crippen LogP contribution is 2.44. The summed E-state index contributed by atoms with van der Waals surface area (Å²) >= 11 is 0. The fraction of sp³-hybridized carbons (Fsp3) is 0.538. The number of hydrogen-bond acceptors (Lipinski definition) is 4. The minimum atomic E-state index is -0.935. The van der Waals surface area contributed by atoms with Crippen LogP contribution in [0.3, 0.4) is 0 Å². The highest BCUT2D eigenvalue weighted by Gasteiger charge is 2.41. The molecule has 0 bridgehead atoms. The summed E-state index contributed by atoms with van der Waals surface area (Å²) < 4.78 is 0. The van der Waals surface area contributed by atoms with Gasteiger partial charge in [0.25, 0.3) is 0 Å². The van der Waals surface area contributed by atoms with Crippen LogP contribution in [0.1, 0.15) is 26.7 Å². The molecule has 0 saturated heterocycles. The van der Waals surface area contributed by atoms with Gasteiger partial charge in [0.05, 0.1) is 13.2 Å². The van der Waals surface area contributed by atoms with Gasteiger partial charge in [-0.25, -0.2) is 9.59 Å². The van der Waals surface area contributed by atoms with Gasteiger partial charge >= 0.3 is 11.9 Å². The van der Waals surface area contributed by atoms with Crippen molar-refractivity contribution in [3.05, 3.63) is 24.3 Å². The zero-order valence-corrected chi connectivity index (χ0v) is 11.3. The van der Waals surface area contributed by atoms with Gasteiger partial charge in [-0.2, -0.15) is 0 Å². The first-order chi connectivity index (χ1) is 8.61. The van der Waals surface area contributed by atoms with E-state index in [1.807, 2.05) is 0 Å². The number of aliphatic carboxylic acids is 2. The van der Waals surface area contributed by atoms with Crippen molar-refractivity contribution < 1.29 is 30.0 Å². The van der Waals surface area contributed by atoms with E-state index >= 15 is 0 Å². The average molecular weight is 274 g/mol. The summed E-state index contributed by atoms with van der Waals surface area (Å²) in [6.45, 7) is 9.52. The molecule has 0 aromatic rings. The second-order valence-corrected chi connectivity index (χ2v) is 4.49. The van der Waals surface area contributed by atoms with E-state index in [9.17, 15) is 9.59 Å². The number of aliphatic hydroxyl groups excluding tert-OH is 2. The molecule has 0 spiro atoms. The Balaban J connectivity index is 0. The van der Waals surface area contributed by atoms with E-state index in [2.05, 4.69) is 13.2 Å². The largest absolute Gasteiger partial charge is 0.478 e. The van der Waals surface area contributed by atoms with Crippen molar-refractivity contribution in [2.45, 2.75) is 26.7 Å². The third-order valence-electron chi connectivity index (χ3n) is 2.36. The molecule has 0 aromatic heterocycles. The second kappa shape index (κ2) is 9.29. The lowest BCUT2D eigenvalue weighted by atomic mass is 10.1. The zero-order chi connectivity index (χ0) is 15.6. The lowest BCUT2D eigenvalue weighted by molar-refractivity contribution is -0.133. The Bertz CT molecular complexity index is 287. The van der Waals surface area contributed by atoms with Crippen LogP contribution >= 0.6 is 0 Å². The first-order valence-corrected chi connectivity index (χ1v) is 5.61. The van der Waals surface area contributed by atoms with Crippen molar-refractivity contribution in [2.24, 2.45) is 5.41 Å². The monoisotopic (exact) mass is 274 g/mol. The summed E-state index contributed by atoms with van der Waals surface area (Å²) in [5.41, 5.74) is 0.296. The Morgan fingerprint density at radius 1 is 0.947 bits per heavy atom. The van der Waals surface area contributed by atoms with Crippen LogP contribution in [0, 0.1) is 5.41 Å². The third-order valence-corrected chi connectivity index (χ3v) is 2.36. The molecule has 110 valence electrons. The van der Waals surface area contributed by atoms with Gasteiger partial charge in [0.15, 0.2) is 0 Å². The average Bonchev–Trinajstić information content (AvgIpc) is 3.10. The van der Waals surface area contributed by atoms with Gasteiger partial charge in [0, 0.05) is 16.6 Å². The molecule has 0 atom stereocenters. The molecule has 1 rings (SSSR count). The summed E-state index contributed by atoms with van der Waals surface area (Å²) in [5.74, 6) is -1.87. The first kappa shape index (κ1) is 19.7. The maximum absolute atomic E-state index is 9.60. The summed E-state index contributed by atoms with van der Waals surface area (Å²) in [6, 6.07) is 0. The third kappa shape index (κ3) is 11.2. The molecule has 6 nitrogen and oxygen atoms in total. The SMILES string of the molecule is C=C(C)C(=O)O.C=C(C)C(=O)O.OCC1(CO)CC1. The lowest BCUT2D eigenvalue weighted by Gasteiger charge is -2.02. The molecule has 0 amide bonds. The van der Waals surface area contributed by atoms with Gasteiger partial charge in [0.2, 0.25) is 0 Å². The van der Waals surface area contributed by atoms with Crippen LogP contribution in [0.4, 0.5) is 0 Å². The first-order valence-electron chi connectivity index (χ1n) is 5.61.